The van der Waals surface area contributed by atoms with Gasteiger partial charge in [0.15, 0.2) is 5.71 Å². The Balaban J connectivity index is 1.57. The quantitative estimate of drug-likeness (QED) is 0.379. The molecule has 0 saturated carbocycles. The summed E-state index contributed by atoms with van der Waals surface area (Å²) >= 11 is 24.2. The van der Waals surface area contributed by atoms with Crippen molar-refractivity contribution >= 4 is 63.7 Å². The molecule has 0 N–H and O–H groups in total. The molecule has 0 bridgehead atoms. The summed E-state index contributed by atoms with van der Waals surface area (Å²) in [4.78, 5) is 20.2. The van der Waals surface area contributed by atoms with E-state index in [1.54, 1.807) is 41.3 Å². The van der Waals surface area contributed by atoms with E-state index in [1.807, 2.05) is 24.3 Å². The first kappa shape index (κ1) is 21.0. The van der Waals surface area contributed by atoms with Crippen molar-refractivity contribution in [2.24, 2.45) is 5.16 Å². The molecule has 1 aliphatic rings. The number of amides is 1. The molecule has 152 valence electrons. The van der Waals surface area contributed by atoms with Crippen LogP contribution in [0.4, 0.5) is 5.69 Å². The van der Waals surface area contributed by atoms with Crippen molar-refractivity contribution in [2.45, 2.75) is 13.2 Å². The summed E-state index contributed by atoms with van der Waals surface area (Å²) in [5, 5.41) is 6.04. The summed E-state index contributed by atoms with van der Waals surface area (Å²) in [5.41, 5.74) is 3.24. The van der Waals surface area contributed by atoms with Gasteiger partial charge in [0, 0.05) is 15.6 Å². The van der Waals surface area contributed by atoms with E-state index >= 15 is 0 Å². The number of fused-ring (bicyclic) bond motifs is 1. The molecule has 0 atom stereocenters. The van der Waals surface area contributed by atoms with Gasteiger partial charge in [-0.3, -0.25) is 4.79 Å². The zero-order chi connectivity index (χ0) is 21.3. The third kappa shape index (κ3) is 4.28. The van der Waals surface area contributed by atoms with Crippen LogP contribution < -0.4 is 4.90 Å². The van der Waals surface area contributed by atoms with E-state index in [2.05, 4.69) is 5.16 Å². The van der Waals surface area contributed by atoms with Gasteiger partial charge in [0.2, 0.25) is 0 Å². The van der Waals surface area contributed by atoms with Crippen molar-refractivity contribution in [3.8, 4) is 0 Å². The second kappa shape index (κ2) is 8.86. The van der Waals surface area contributed by atoms with Crippen molar-refractivity contribution in [3.05, 3.63) is 97.4 Å². The molecule has 0 saturated heterocycles. The van der Waals surface area contributed by atoms with E-state index in [9.17, 15) is 4.79 Å². The van der Waals surface area contributed by atoms with Gasteiger partial charge in [0.25, 0.3) is 5.91 Å². The number of benzene rings is 3. The standard InChI is InChI=1S/C22H14Cl4N2O2/c23-15-7-6-14(18(25)10-15)11-28-20-4-2-1-3-16(20)21(22(28)29)27-30-12-13-5-8-17(24)19(26)9-13/h1-10H,11-12H2/b27-21+. The first-order valence-electron chi connectivity index (χ1n) is 8.93. The molecule has 30 heavy (non-hydrogen) atoms. The highest BCUT2D eigenvalue weighted by Gasteiger charge is 2.34. The zero-order valence-electron chi connectivity index (χ0n) is 15.4. The monoisotopic (exact) mass is 478 g/mol. The van der Waals surface area contributed by atoms with Crippen molar-refractivity contribution in [3.63, 3.8) is 0 Å². The second-order valence-electron chi connectivity index (χ2n) is 6.61. The molecule has 0 radical (unpaired) electrons. The van der Waals surface area contributed by atoms with Crippen LogP contribution in [0.25, 0.3) is 0 Å². The van der Waals surface area contributed by atoms with Crippen LogP contribution in [0.3, 0.4) is 0 Å². The first-order chi connectivity index (χ1) is 14.4. The average molecular weight is 480 g/mol. The Bertz CT molecular complexity index is 1160. The van der Waals surface area contributed by atoms with E-state index in [4.69, 9.17) is 51.2 Å². The molecule has 4 nitrogen and oxygen atoms in total. The number of carbonyl (C=O) groups is 1. The van der Waals surface area contributed by atoms with Gasteiger partial charge >= 0.3 is 0 Å². The molecule has 8 heteroatoms. The highest BCUT2D eigenvalue weighted by atomic mass is 35.5. The van der Waals surface area contributed by atoms with Crippen molar-refractivity contribution in [2.75, 3.05) is 4.90 Å². The van der Waals surface area contributed by atoms with Crippen LogP contribution in [0.15, 0.2) is 65.8 Å². The van der Waals surface area contributed by atoms with Gasteiger partial charge in [-0.1, -0.05) is 81.9 Å². The lowest BCUT2D eigenvalue weighted by atomic mass is 10.1. The smallest absolute Gasteiger partial charge is 0.281 e. The maximum atomic E-state index is 13.1. The van der Waals surface area contributed by atoms with Crippen LogP contribution >= 0.6 is 46.4 Å². The molecule has 0 aliphatic carbocycles. The van der Waals surface area contributed by atoms with E-state index < -0.39 is 0 Å². The van der Waals surface area contributed by atoms with Crippen LogP contribution in [0.2, 0.25) is 20.1 Å². The second-order valence-corrected chi connectivity index (χ2v) is 8.26. The number of hydrogen-bond acceptors (Lipinski definition) is 3. The molecule has 3 aromatic rings. The molecule has 1 aliphatic heterocycles. The van der Waals surface area contributed by atoms with Gasteiger partial charge < -0.3 is 9.74 Å². The third-order valence-corrected chi connectivity index (χ3v) is 5.94. The molecular weight excluding hydrogens is 466 g/mol. The fourth-order valence-corrected chi connectivity index (χ4v) is 3.92. The lowest BCUT2D eigenvalue weighted by Crippen LogP contribution is -2.29. The Hall–Kier alpha value is -2.24. The molecule has 4 rings (SSSR count). The summed E-state index contributed by atoms with van der Waals surface area (Å²) in [6.07, 6.45) is 0. The Kier molecular flexibility index (Phi) is 6.21. The number of oxime groups is 1. The lowest BCUT2D eigenvalue weighted by molar-refractivity contribution is -0.112. The van der Waals surface area contributed by atoms with Gasteiger partial charge in [0.05, 0.1) is 22.3 Å². The highest BCUT2D eigenvalue weighted by Crippen LogP contribution is 2.32. The Morgan fingerprint density at radius 2 is 1.67 bits per heavy atom. The van der Waals surface area contributed by atoms with E-state index in [0.29, 0.717) is 25.7 Å². The van der Waals surface area contributed by atoms with Crippen LogP contribution in [0.5, 0.6) is 0 Å². The molecule has 0 unspecified atom stereocenters. The number of rotatable bonds is 5. The maximum absolute atomic E-state index is 13.1. The zero-order valence-corrected chi connectivity index (χ0v) is 18.4. The SMILES string of the molecule is O=C1/C(=N/OCc2ccc(Cl)c(Cl)c2)c2ccccc2N1Cc1ccc(Cl)cc1Cl. The Labute approximate surface area is 193 Å². The normalized spacial score (nSPS) is 14.3. The van der Waals surface area contributed by atoms with E-state index in [0.717, 1.165) is 16.8 Å². The molecule has 0 spiro atoms. The molecular formula is C22H14Cl4N2O2. The van der Waals surface area contributed by atoms with Crippen LogP contribution in [0.1, 0.15) is 16.7 Å². The number of nitrogens with zero attached hydrogens (tertiary/aromatic N) is 2. The molecule has 3 aromatic carbocycles. The topological polar surface area (TPSA) is 41.9 Å². The van der Waals surface area contributed by atoms with Gasteiger partial charge in [-0.05, 0) is 41.5 Å². The first-order valence-corrected chi connectivity index (χ1v) is 10.4. The van der Waals surface area contributed by atoms with Crippen molar-refractivity contribution in [1.82, 2.24) is 0 Å². The summed E-state index contributed by atoms with van der Waals surface area (Å²) in [6, 6.07) is 17.8. The summed E-state index contributed by atoms with van der Waals surface area (Å²) < 4.78 is 0. The lowest BCUT2D eigenvalue weighted by Gasteiger charge is -2.17. The average Bonchev–Trinajstić information content (AvgIpc) is 2.98. The molecule has 1 amide bonds. The molecule has 0 fully saturated rings. The minimum absolute atomic E-state index is 0.152. The van der Waals surface area contributed by atoms with Crippen LogP contribution in [-0.2, 0) is 22.8 Å². The van der Waals surface area contributed by atoms with E-state index in [-0.39, 0.29) is 24.8 Å². The fourth-order valence-electron chi connectivity index (χ4n) is 3.13. The predicted octanol–water partition coefficient (Wildman–Crippen LogP) is 6.77. The summed E-state index contributed by atoms with van der Waals surface area (Å²) in [5.74, 6) is -0.267. The van der Waals surface area contributed by atoms with Gasteiger partial charge in [-0.25, -0.2) is 0 Å². The maximum Gasteiger partial charge on any atom is 0.281 e. The minimum atomic E-state index is -0.267. The minimum Gasteiger partial charge on any atom is -0.390 e. The number of hydrogen-bond donors (Lipinski definition) is 0. The van der Waals surface area contributed by atoms with Crippen LogP contribution in [0, 0.1) is 0 Å². The van der Waals surface area contributed by atoms with Crippen molar-refractivity contribution < 1.29 is 9.63 Å². The number of halogens is 4. The van der Waals surface area contributed by atoms with Gasteiger partial charge in [-0.15, -0.1) is 0 Å². The summed E-state index contributed by atoms with van der Waals surface area (Å²) in [7, 11) is 0. The van der Waals surface area contributed by atoms with Gasteiger partial charge in [-0.2, -0.15) is 0 Å². The third-order valence-electron chi connectivity index (χ3n) is 4.61. The Morgan fingerprint density at radius 3 is 2.43 bits per heavy atom. The highest BCUT2D eigenvalue weighted by molar-refractivity contribution is 6.54. The fraction of sp³-hybridized carbons (Fsp3) is 0.0909. The number of anilines is 1. The molecule has 1 heterocycles. The molecule has 0 aromatic heterocycles. The predicted molar refractivity (Wildman–Crippen MR) is 122 cm³/mol. The number of carbonyl (C=O) groups excluding carboxylic acids is 1. The van der Waals surface area contributed by atoms with E-state index in [1.165, 1.54) is 0 Å². The van der Waals surface area contributed by atoms with Crippen LogP contribution in [-0.4, -0.2) is 11.6 Å². The largest absolute Gasteiger partial charge is 0.390 e. The van der Waals surface area contributed by atoms with Gasteiger partial charge in [0.1, 0.15) is 6.61 Å². The van der Waals surface area contributed by atoms with Crippen molar-refractivity contribution in [1.29, 1.82) is 0 Å². The number of para-hydroxylation sites is 1. The summed E-state index contributed by atoms with van der Waals surface area (Å²) in [6.45, 7) is 0.441. The Morgan fingerprint density at radius 1 is 0.867 bits per heavy atom.